The molecule has 1 radical (unpaired) electrons. The van der Waals surface area contributed by atoms with Crippen LogP contribution in [0.4, 0.5) is 13.2 Å². The Hall–Kier alpha value is -1.92. The molecule has 0 spiro atoms. The summed E-state index contributed by atoms with van der Waals surface area (Å²) < 4.78 is 58.9. The number of hydrogen-bond donors (Lipinski definition) is 2. The smallest absolute Gasteiger partial charge is 0.741 e. The maximum atomic E-state index is 10.7. The predicted octanol–water partition coefficient (Wildman–Crippen LogP) is 5.97. The first-order chi connectivity index (χ1) is 17.6. The molecule has 13 heteroatoms. The summed E-state index contributed by atoms with van der Waals surface area (Å²) in [6, 6.07) is 9.47. The zero-order valence-electron chi connectivity index (χ0n) is 21.1. The summed E-state index contributed by atoms with van der Waals surface area (Å²) in [5, 5.41) is 4.69. The van der Waals surface area contributed by atoms with Crippen molar-refractivity contribution >= 4 is 22.5 Å². The Morgan fingerprint density at radius 2 is 1.18 bits per heavy atom. The van der Waals surface area contributed by atoms with Crippen LogP contribution >= 0.6 is 0 Å². The predicted molar refractivity (Wildman–Crippen MR) is 137 cm³/mol. The summed E-state index contributed by atoms with van der Waals surface area (Å²) in [7, 11) is -6.09. The zero-order chi connectivity index (χ0) is 26.7. The van der Waals surface area contributed by atoms with Crippen molar-refractivity contribution in [3.63, 3.8) is 0 Å². The van der Waals surface area contributed by atoms with Crippen molar-refractivity contribution in [1.82, 2.24) is 9.97 Å². The van der Waals surface area contributed by atoms with Gasteiger partial charge in [0, 0.05) is 12.4 Å². The number of alkyl halides is 3. The van der Waals surface area contributed by atoms with Gasteiger partial charge in [-0.3, -0.25) is 9.98 Å². The molecule has 4 rings (SSSR count). The number of aromatic nitrogens is 2. The summed E-state index contributed by atoms with van der Waals surface area (Å²) in [4.78, 5) is 16.3. The van der Waals surface area contributed by atoms with E-state index in [0.717, 1.165) is 22.8 Å². The first kappa shape index (κ1) is 32.3. The fourth-order valence-corrected chi connectivity index (χ4v) is 4.38. The van der Waals surface area contributed by atoms with Crippen LogP contribution in [-0.4, -0.2) is 53.0 Å². The van der Waals surface area contributed by atoms with Crippen LogP contribution in [0.2, 0.25) is 0 Å². The van der Waals surface area contributed by atoms with Crippen LogP contribution in [-0.2, 0) is 40.3 Å². The first-order valence-corrected chi connectivity index (χ1v) is 14.1. The van der Waals surface area contributed by atoms with Gasteiger partial charge in [-0.1, -0.05) is 38.5 Å². The minimum atomic E-state index is -6.09. The van der Waals surface area contributed by atoms with E-state index in [-0.39, 0.29) is 17.1 Å². The van der Waals surface area contributed by atoms with E-state index in [1.54, 1.807) is 0 Å². The maximum Gasteiger partial charge on any atom is 2.00 e. The summed E-state index contributed by atoms with van der Waals surface area (Å²) in [6.45, 7) is 1.39. The van der Waals surface area contributed by atoms with E-state index in [1.165, 1.54) is 64.2 Å². The quantitative estimate of drug-likeness (QED) is 0.169. The Morgan fingerprint density at radius 1 is 0.816 bits per heavy atom. The molecule has 0 aliphatic heterocycles. The number of aliphatic imine (C=N–C) groups is 2. The average molecular weight is 597 g/mol. The molecule has 8 nitrogen and oxygen atoms in total. The van der Waals surface area contributed by atoms with Crippen molar-refractivity contribution in [2.45, 2.75) is 94.9 Å². The van der Waals surface area contributed by atoms with Crippen LogP contribution in [0, 0.1) is 0 Å². The van der Waals surface area contributed by atoms with Crippen LogP contribution in [0.1, 0.15) is 87.0 Å². The summed E-state index contributed by atoms with van der Waals surface area (Å²) in [6.07, 6.45) is 17.0. The van der Waals surface area contributed by atoms with Crippen LogP contribution in [0.5, 0.6) is 0 Å². The first-order valence-electron chi connectivity index (χ1n) is 12.7. The molecule has 0 unspecified atom stereocenters. The second kappa shape index (κ2) is 15.6. The second-order valence-corrected chi connectivity index (χ2v) is 10.8. The number of aromatic amines is 2. The van der Waals surface area contributed by atoms with E-state index in [2.05, 4.69) is 39.6 Å². The summed E-state index contributed by atoms with van der Waals surface area (Å²) >= 11 is 0. The number of halogens is 3. The van der Waals surface area contributed by atoms with Crippen molar-refractivity contribution in [2.24, 2.45) is 9.98 Å². The molecule has 0 saturated heterocycles. The molecule has 0 amide bonds. The fraction of sp³-hybridized carbons (Fsp3) is 0.600. The Kier molecular flexibility index (Phi) is 13.3. The minimum Gasteiger partial charge on any atom is -0.741 e. The van der Waals surface area contributed by atoms with Crippen molar-refractivity contribution in [2.75, 3.05) is 0 Å². The molecule has 2 N–H and O–H groups in total. The van der Waals surface area contributed by atoms with Gasteiger partial charge < -0.3 is 19.8 Å². The summed E-state index contributed by atoms with van der Waals surface area (Å²) in [5.41, 5.74) is -1.20. The molecule has 2 aromatic rings. The SMILES string of the molecule is C(=NC1CCCCC1)c1ccc(C[N-]Cc2ccc(C=NC3CCCCC3)[nH]2)[nH]1.O=S(=O)([O-])C(F)(F)F.[Mn+2]. The third kappa shape index (κ3) is 11.4. The number of nitrogens with one attached hydrogen (secondary N) is 2. The average Bonchev–Trinajstić information content (AvgIpc) is 3.51. The van der Waals surface area contributed by atoms with Gasteiger partial charge in [-0.2, -0.15) is 13.2 Å². The van der Waals surface area contributed by atoms with Gasteiger partial charge in [0.1, 0.15) is 0 Å². The van der Waals surface area contributed by atoms with E-state index < -0.39 is 15.6 Å². The van der Waals surface area contributed by atoms with Gasteiger partial charge in [-0.15, -0.1) is 13.1 Å². The van der Waals surface area contributed by atoms with Crippen LogP contribution in [0.15, 0.2) is 34.3 Å². The van der Waals surface area contributed by atoms with Crippen molar-refractivity contribution in [3.8, 4) is 0 Å². The molecule has 38 heavy (non-hydrogen) atoms. The minimum absolute atomic E-state index is 0. The van der Waals surface area contributed by atoms with E-state index in [0.29, 0.717) is 25.2 Å². The third-order valence-electron chi connectivity index (χ3n) is 6.38. The topological polar surface area (TPSA) is 128 Å². The second-order valence-electron chi connectivity index (χ2n) is 9.46. The van der Waals surface area contributed by atoms with Crippen LogP contribution in [0.3, 0.4) is 0 Å². The molecule has 0 bridgehead atoms. The van der Waals surface area contributed by atoms with Gasteiger partial charge in [0.25, 0.3) is 0 Å². The molecule has 211 valence electrons. The van der Waals surface area contributed by atoms with Crippen LogP contribution < -0.4 is 0 Å². The van der Waals surface area contributed by atoms with E-state index in [4.69, 9.17) is 23.0 Å². The van der Waals surface area contributed by atoms with Crippen molar-refractivity contribution in [1.29, 1.82) is 0 Å². The van der Waals surface area contributed by atoms with E-state index >= 15 is 0 Å². The summed E-state index contributed by atoms with van der Waals surface area (Å²) in [5.74, 6) is 0. The molecule has 2 aliphatic carbocycles. The number of hydrogen-bond acceptors (Lipinski definition) is 5. The number of nitrogens with zero attached hydrogens (tertiary/aromatic N) is 3. The molecule has 0 aromatic carbocycles. The number of H-pyrrole nitrogens is 2. The van der Waals surface area contributed by atoms with Gasteiger partial charge >= 0.3 is 22.6 Å². The standard InChI is InChI=1S/C24H34N5.CHF3O3S.Mn/c1-3-7-19(8-4-1)26-17-23-13-11-21(28-23)15-25-16-22-12-14-24(29-22)18-27-20-9-5-2-6-10-20;2-1(3,4)8(5,6)7;/h11-14,17-20,28-29H,1-10,15-16H2;(H,5,6,7);/q-1;;+2/p-1. The molecular formula is C25H34F3MnN5O3S. The Balaban J connectivity index is 0.000000493. The van der Waals surface area contributed by atoms with Gasteiger partial charge in [-0.25, -0.2) is 8.42 Å². The third-order valence-corrected chi connectivity index (χ3v) is 6.95. The van der Waals surface area contributed by atoms with E-state index in [1.807, 2.05) is 12.4 Å². The maximum absolute atomic E-state index is 10.7. The molecular weight excluding hydrogens is 562 g/mol. The van der Waals surface area contributed by atoms with Crippen molar-refractivity contribution < 1.29 is 43.2 Å². The Morgan fingerprint density at radius 3 is 1.53 bits per heavy atom. The van der Waals surface area contributed by atoms with Gasteiger partial charge in [0.2, 0.25) is 0 Å². The monoisotopic (exact) mass is 596 g/mol. The Bertz CT molecular complexity index is 1050. The fourth-order valence-electron chi connectivity index (χ4n) is 4.38. The van der Waals surface area contributed by atoms with Gasteiger partial charge in [0.15, 0.2) is 10.1 Å². The molecule has 2 aromatic heterocycles. The van der Waals surface area contributed by atoms with Gasteiger partial charge in [0.05, 0.1) is 23.5 Å². The normalized spacial score (nSPS) is 17.9. The largest absolute Gasteiger partial charge is 2.00 e. The van der Waals surface area contributed by atoms with Crippen molar-refractivity contribution in [3.05, 3.63) is 52.4 Å². The Labute approximate surface area is 232 Å². The number of rotatable bonds is 8. The molecule has 2 fully saturated rings. The van der Waals surface area contributed by atoms with E-state index in [9.17, 15) is 13.2 Å². The zero-order valence-corrected chi connectivity index (χ0v) is 23.1. The molecule has 2 heterocycles. The van der Waals surface area contributed by atoms with Gasteiger partial charge in [-0.05, 0) is 61.3 Å². The molecule has 0 atom stereocenters. The molecule has 2 saturated carbocycles. The molecule has 2 aliphatic rings. The van der Waals surface area contributed by atoms with Crippen LogP contribution in [0.25, 0.3) is 5.32 Å².